The van der Waals surface area contributed by atoms with Crippen LogP contribution in [0.1, 0.15) is 30.6 Å². The summed E-state index contributed by atoms with van der Waals surface area (Å²) >= 11 is 1.70. The number of phenols is 1. The van der Waals surface area contributed by atoms with E-state index in [2.05, 4.69) is 34.2 Å². The van der Waals surface area contributed by atoms with E-state index in [1.807, 2.05) is 36.4 Å². The fourth-order valence-electron chi connectivity index (χ4n) is 3.52. The lowest BCUT2D eigenvalue weighted by molar-refractivity contribution is 0.478. The first-order valence-corrected chi connectivity index (χ1v) is 10.6. The zero-order chi connectivity index (χ0) is 19.2. The van der Waals surface area contributed by atoms with Crippen LogP contribution >= 0.6 is 11.3 Å². The average Bonchev–Trinajstić information content (AvgIpc) is 3.42. The zero-order valence-corrected chi connectivity index (χ0v) is 16.6. The van der Waals surface area contributed by atoms with Gasteiger partial charge in [-0.2, -0.15) is 0 Å². The number of nitrogens with zero attached hydrogens (tertiary/aromatic N) is 1. The van der Waals surface area contributed by atoms with E-state index < -0.39 is 0 Å². The summed E-state index contributed by atoms with van der Waals surface area (Å²) in [5, 5.41) is 19.4. The number of rotatable bonds is 5. The Balaban J connectivity index is 1.57. The number of phenolic OH excluding ortho intramolecular Hbond substituents is 1. The van der Waals surface area contributed by atoms with Crippen molar-refractivity contribution in [1.82, 2.24) is 5.32 Å². The molecule has 3 N–H and O–H groups in total. The van der Waals surface area contributed by atoms with Gasteiger partial charge < -0.3 is 15.7 Å². The lowest BCUT2D eigenvalue weighted by Gasteiger charge is -2.18. The maximum absolute atomic E-state index is 10.4. The van der Waals surface area contributed by atoms with Crippen molar-refractivity contribution >= 4 is 23.0 Å². The minimum absolute atomic E-state index is 0.219. The minimum atomic E-state index is 0.219. The van der Waals surface area contributed by atoms with Gasteiger partial charge in [-0.3, -0.25) is 0 Å². The molecule has 5 heteroatoms. The van der Waals surface area contributed by atoms with Crippen LogP contribution in [0.15, 0.2) is 71.0 Å². The van der Waals surface area contributed by atoms with Crippen molar-refractivity contribution < 1.29 is 5.11 Å². The summed E-state index contributed by atoms with van der Waals surface area (Å²) < 4.78 is 0. The normalized spacial score (nSPS) is 14.9. The van der Waals surface area contributed by atoms with E-state index in [0.29, 0.717) is 18.3 Å². The number of aliphatic imine (C=N–C) groups is 1. The Kier molecular flexibility index (Phi) is 5.92. The van der Waals surface area contributed by atoms with Gasteiger partial charge in [0.2, 0.25) is 0 Å². The predicted molar refractivity (Wildman–Crippen MR) is 118 cm³/mol. The second-order valence-electron chi connectivity index (χ2n) is 7.09. The zero-order valence-electron chi connectivity index (χ0n) is 15.8. The fraction of sp³-hybridized carbons (Fsp3) is 0.261. The molecule has 0 unspecified atom stereocenters. The van der Waals surface area contributed by atoms with Crippen molar-refractivity contribution in [3.63, 3.8) is 0 Å². The Morgan fingerprint density at radius 3 is 2.57 bits per heavy atom. The van der Waals surface area contributed by atoms with E-state index in [0.717, 1.165) is 29.9 Å². The highest BCUT2D eigenvalue weighted by molar-refractivity contribution is 7.09. The van der Waals surface area contributed by atoms with Crippen LogP contribution in [0.25, 0.3) is 11.1 Å². The van der Waals surface area contributed by atoms with Crippen LogP contribution in [0.3, 0.4) is 0 Å². The maximum Gasteiger partial charge on any atom is 0.196 e. The van der Waals surface area contributed by atoms with Crippen LogP contribution in [0.4, 0.5) is 5.69 Å². The molecule has 4 nitrogen and oxygen atoms in total. The van der Waals surface area contributed by atoms with Crippen LogP contribution in [-0.2, 0) is 6.54 Å². The maximum atomic E-state index is 10.4. The third-order valence-corrected chi connectivity index (χ3v) is 5.89. The molecule has 0 saturated heterocycles. The van der Waals surface area contributed by atoms with E-state index >= 15 is 0 Å². The molecule has 0 bridgehead atoms. The third-order valence-electron chi connectivity index (χ3n) is 5.03. The molecule has 1 heterocycles. The molecule has 0 aliphatic heterocycles. The Bertz CT molecular complexity index is 916. The van der Waals surface area contributed by atoms with Crippen LogP contribution in [0, 0.1) is 0 Å². The molecule has 4 rings (SSSR count). The summed E-state index contributed by atoms with van der Waals surface area (Å²) in [6, 6.07) is 20.4. The number of benzene rings is 2. The average molecular weight is 392 g/mol. The molecule has 1 aliphatic carbocycles. The number of nitrogens with one attached hydrogen (secondary N) is 2. The summed E-state index contributed by atoms with van der Waals surface area (Å²) in [7, 11) is 0. The predicted octanol–water partition coefficient (Wildman–Crippen LogP) is 5.62. The quantitative estimate of drug-likeness (QED) is 0.300. The van der Waals surface area contributed by atoms with Gasteiger partial charge >= 0.3 is 0 Å². The largest absolute Gasteiger partial charge is 0.506 e. The molecule has 0 radical (unpaired) electrons. The summed E-state index contributed by atoms with van der Waals surface area (Å²) in [4.78, 5) is 5.98. The molecule has 2 aromatic carbocycles. The second kappa shape index (κ2) is 8.93. The van der Waals surface area contributed by atoms with E-state index in [-0.39, 0.29) is 5.75 Å². The lowest BCUT2D eigenvalue weighted by Crippen LogP contribution is -2.37. The van der Waals surface area contributed by atoms with Gasteiger partial charge in [-0.25, -0.2) is 4.99 Å². The number of aromatic hydroxyl groups is 1. The van der Waals surface area contributed by atoms with Gasteiger partial charge in [0.25, 0.3) is 0 Å². The highest BCUT2D eigenvalue weighted by Gasteiger charge is 2.17. The first-order valence-electron chi connectivity index (χ1n) is 9.77. The van der Waals surface area contributed by atoms with Crippen LogP contribution in [0.2, 0.25) is 0 Å². The molecule has 144 valence electrons. The molecule has 0 spiro atoms. The van der Waals surface area contributed by atoms with Gasteiger partial charge in [0.15, 0.2) is 5.96 Å². The molecular formula is C23H25N3OS. The first-order chi connectivity index (χ1) is 13.8. The van der Waals surface area contributed by atoms with Crippen LogP contribution in [-0.4, -0.2) is 17.1 Å². The highest BCUT2D eigenvalue weighted by Crippen LogP contribution is 2.30. The van der Waals surface area contributed by atoms with E-state index in [1.54, 1.807) is 17.4 Å². The molecule has 1 aromatic heterocycles. The lowest BCUT2D eigenvalue weighted by atomic mass is 10.0. The number of hydrogen-bond acceptors (Lipinski definition) is 3. The van der Waals surface area contributed by atoms with Crippen molar-refractivity contribution in [3.05, 3.63) is 70.9 Å². The Morgan fingerprint density at radius 2 is 1.82 bits per heavy atom. The van der Waals surface area contributed by atoms with Crippen LogP contribution < -0.4 is 10.6 Å². The Labute approximate surface area is 170 Å². The molecule has 0 amide bonds. The number of anilines is 1. The van der Waals surface area contributed by atoms with Crippen molar-refractivity contribution in [3.8, 4) is 16.9 Å². The second-order valence-corrected chi connectivity index (χ2v) is 8.13. The third kappa shape index (κ3) is 4.73. The SMILES string of the molecule is Oc1ccc(-c2ccccc2)cc1NC(=NCc1cccs1)NC1CCCC1. The molecule has 1 fully saturated rings. The highest BCUT2D eigenvalue weighted by atomic mass is 32.1. The number of thiophene rings is 1. The van der Waals surface area contributed by atoms with Crippen molar-refractivity contribution in [2.24, 2.45) is 4.99 Å². The standard InChI is InChI=1S/C23H25N3OS/c27-22-13-12-18(17-7-2-1-3-8-17)15-21(22)26-23(25-19-9-4-5-10-19)24-16-20-11-6-14-28-20/h1-3,6-8,11-15,19,27H,4-5,9-10,16H2,(H2,24,25,26). The summed E-state index contributed by atoms with van der Waals surface area (Å²) in [6.45, 7) is 0.624. The summed E-state index contributed by atoms with van der Waals surface area (Å²) in [6.07, 6.45) is 4.83. The molecule has 28 heavy (non-hydrogen) atoms. The molecule has 3 aromatic rings. The van der Waals surface area contributed by atoms with Gasteiger partial charge in [0.1, 0.15) is 5.75 Å². The van der Waals surface area contributed by atoms with Gasteiger partial charge in [-0.15, -0.1) is 11.3 Å². The van der Waals surface area contributed by atoms with E-state index in [1.165, 1.54) is 17.7 Å². The Hall–Kier alpha value is -2.79. The monoisotopic (exact) mass is 391 g/mol. The number of guanidine groups is 1. The molecule has 1 aliphatic rings. The first kappa shape index (κ1) is 18.6. The number of hydrogen-bond donors (Lipinski definition) is 3. The smallest absolute Gasteiger partial charge is 0.196 e. The topological polar surface area (TPSA) is 56.6 Å². The van der Waals surface area contributed by atoms with E-state index in [9.17, 15) is 5.11 Å². The molecular weight excluding hydrogens is 366 g/mol. The Morgan fingerprint density at radius 1 is 1.00 bits per heavy atom. The van der Waals surface area contributed by atoms with Gasteiger partial charge in [-0.1, -0.05) is 55.3 Å². The van der Waals surface area contributed by atoms with Gasteiger partial charge in [-0.05, 0) is 47.5 Å². The van der Waals surface area contributed by atoms with Crippen molar-refractivity contribution in [2.45, 2.75) is 38.3 Å². The molecule has 0 atom stereocenters. The summed E-state index contributed by atoms with van der Waals surface area (Å²) in [5.41, 5.74) is 2.84. The van der Waals surface area contributed by atoms with Gasteiger partial charge in [0, 0.05) is 10.9 Å². The van der Waals surface area contributed by atoms with Gasteiger partial charge in [0.05, 0.1) is 12.2 Å². The molecule has 1 saturated carbocycles. The minimum Gasteiger partial charge on any atom is -0.506 e. The van der Waals surface area contributed by atoms with E-state index in [4.69, 9.17) is 4.99 Å². The fourth-order valence-corrected chi connectivity index (χ4v) is 4.15. The van der Waals surface area contributed by atoms with Crippen LogP contribution in [0.5, 0.6) is 5.75 Å². The van der Waals surface area contributed by atoms with Crippen molar-refractivity contribution in [2.75, 3.05) is 5.32 Å². The summed E-state index contributed by atoms with van der Waals surface area (Å²) in [5.74, 6) is 0.942. The van der Waals surface area contributed by atoms with Crippen molar-refractivity contribution in [1.29, 1.82) is 0 Å².